The van der Waals surface area contributed by atoms with E-state index in [9.17, 15) is 9.59 Å². The van der Waals surface area contributed by atoms with E-state index in [0.717, 1.165) is 0 Å². The lowest BCUT2D eigenvalue weighted by atomic mass is 10.1. The fourth-order valence-corrected chi connectivity index (χ4v) is 3.43. The Kier molecular flexibility index (Phi) is 3.95. The van der Waals surface area contributed by atoms with E-state index in [1.165, 1.54) is 27.9 Å². The minimum atomic E-state index is -0.548. The smallest absolute Gasteiger partial charge is 0.339 e. The number of carbonyl (C=O) groups excluding carboxylic acids is 1. The van der Waals surface area contributed by atoms with Crippen molar-refractivity contribution < 1.29 is 9.53 Å². The van der Waals surface area contributed by atoms with Gasteiger partial charge in [-0.3, -0.25) is 9.20 Å². The maximum Gasteiger partial charge on any atom is 0.339 e. The van der Waals surface area contributed by atoms with Gasteiger partial charge >= 0.3 is 5.97 Å². The van der Waals surface area contributed by atoms with Crippen LogP contribution in [0.3, 0.4) is 0 Å². The van der Waals surface area contributed by atoms with E-state index in [0.29, 0.717) is 27.1 Å². The highest BCUT2D eigenvalue weighted by atomic mass is 35.5. The van der Waals surface area contributed by atoms with Crippen LogP contribution < -0.4 is 5.56 Å². The maximum atomic E-state index is 12.5. The number of carbonyl (C=O) groups is 1. The van der Waals surface area contributed by atoms with E-state index < -0.39 is 5.97 Å². The molecule has 4 rings (SSSR count). The van der Waals surface area contributed by atoms with Gasteiger partial charge in [0.25, 0.3) is 5.56 Å². The van der Waals surface area contributed by atoms with Gasteiger partial charge in [0.05, 0.1) is 16.8 Å². The fourth-order valence-electron chi connectivity index (χ4n) is 2.49. The van der Waals surface area contributed by atoms with Crippen LogP contribution in [0.2, 0.25) is 5.15 Å². The van der Waals surface area contributed by atoms with Crippen LogP contribution in [-0.4, -0.2) is 20.3 Å². The van der Waals surface area contributed by atoms with Gasteiger partial charge in [0.1, 0.15) is 11.8 Å². The molecule has 3 aromatic heterocycles. The third-order valence-corrected chi connectivity index (χ3v) is 4.56. The molecule has 0 atom stereocenters. The van der Waals surface area contributed by atoms with E-state index in [1.54, 1.807) is 23.7 Å². The largest absolute Gasteiger partial charge is 0.456 e. The molecule has 0 saturated carbocycles. The summed E-state index contributed by atoms with van der Waals surface area (Å²) < 4.78 is 6.76. The Morgan fingerprint density at radius 1 is 1.24 bits per heavy atom. The van der Waals surface area contributed by atoms with Crippen LogP contribution in [0.4, 0.5) is 0 Å². The Morgan fingerprint density at radius 3 is 2.96 bits per heavy atom. The van der Waals surface area contributed by atoms with Gasteiger partial charge in [-0.2, -0.15) is 0 Å². The summed E-state index contributed by atoms with van der Waals surface area (Å²) in [4.78, 5) is 33.5. The third-order valence-electron chi connectivity index (χ3n) is 3.61. The van der Waals surface area contributed by atoms with Gasteiger partial charge in [0, 0.05) is 23.0 Å². The van der Waals surface area contributed by atoms with E-state index in [4.69, 9.17) is 16.3 Å². The van der Waals surface area contributed by atoms with Crippen LogP contribution in [0.1, 0.15) is 16.1 Å². The highest BCUT2D eigenvalue weighted by molar-refractivity contribution is 7.15. The van der Waals surface area contributed by atoms with Crippen LogP contribution >= 0.6 is 22.9 Å². The molecule has 0 radical (unpaired) electrons. The Morgan fingerprint density at radius 2 is 2.08 bits per heavy atom. The number of thiazole rings is 1. The molecule has 0 N–H and O–H groups in total. The van der Waals surface area contributed by atoms with Crippen molar-refractivity contribution in [1.82, 2.24) is 14.4 Å². The number of pyridine rings is 1. The number of benzene rings is 1. The SMILES string of the molecule is O=C(OCc1cc(=O)n2ccsc2n1)c1cc(Cl)nc2ccccc12. The van der Waals surface area contributed by atoms with Crippen molar-refractivity contribution in [3.05, 3.63) is 74.7 Å². The van der Waals surface area contributed by atoms with Gasteiger partial charge in [-0.25, -0.2) is 14.8 Å². The monoisotopic (exact) mass is 371 g/mol. The van der Waals surface area contributed by atoms with Crippen LogP contribution in [-0.2, 0) is 11.3 Å². The second-order valence-corrected chi connectivity index (χ2v) is 6.49. The van der Waals surface area contributed by atoms with Crippen molar-refractivity contribution in [3.8, 4) is 0 Å². The quantitative estimate of drug-likeness (QED) is 0.408. The molecule has 1 aromatic carbocycles. The molecule has 4 aromatic rings. The average Bonchev–Trinajstić information content (AvgIpc) is 3.08. The zero-order chi connectivity index (χ0) is 17.4. The first-order chi connectivity index (χ1) is 12.1. The fraction of sp³-hybridized carbons (Fsp3) is 0.0588. The first kappa shape index (κ1) is 15.7. The molecule has 0 bridgehead atoms. The number of halogens is 1. The lowest BCUT2D eigenvalue weighted by Crippen LogP contribution is -2.15. The summed E-state index contributed by atoms with van der Waals surface area (Å²) >= 11 is 7.32. The van der Waals surface area contributed by atoms with E-state index >= 15 is 0 Å². The highest BCUT2D eigenvalue weighted by Crippen LogP contribution is 2.22. The zero-order valence-electron chi connectivity index (χ0n) is 12.7. The van der Waals surface area contributed by atoms with Crippen molar-refractivity contribution in [2.45, 2.75) is 6.61 Å². The molecule has 0 amide bonds. The number of rotatable bonds is 3. The van der Waals surface area contributed by atoms with Gasteiger partial charge in [0.2, 0.25) is 0 Å². The standard InChI is InChI=1S/C17H10ClN3O3S/c18-14-8-12(11-3-1-2-4-13(11)20-14)16(23)24-9-10-7-15(22)21-5-6-25-17(21)19-10/h1-8H,9H2. The van der Waals surface area contributed by atoms with Gasteiger partial charge < -0.3 is 4.74 Å². The summed E-state index contributed by atoms with van der Waals surface area (Å²) in [7, 11) is 0. The predicted octanol–water partition coefficient (Wildman–Crippen LogP) is 3.31. The van der Waals surface area contributed by atoms with Crippen molar-refractivity contribution in [2.24, 2.45) is 0 Å². The van der Waals surface area contributed by atoms with Gasteiger partial charge in [-0.1, -0.05) is 29.8 Å². The van der Waals surface area contributed by atoms with Crippen LogP contribution in [0.25, 0.3) is 15.9 Å². The normalized spacial score (nSPS) is 11.1. The molecule has 6 nitrogen and oxygen atoms in total. The predicted molar refractivity (Wildman–Crippen MR) is 95.2 cm³/mol. The number of esters is 1. The van der Waals surface area contributed by atoms with Gasteiger partial charge in [-0.15, -0.1) is 11.3 Å². The van der Waals surface area contributed by atoms with Gasteiger partial charge in [0.15, 0.2) is 4.96 Å². The molecular weight excluding hydrogens is 362 g/mol. The average molecular weight is 372 g/mol. The van der Waals surface area contributed by atoms with E-state index in [1.807, 2.05) is 12.1 Å². The summed E-state index contributed by atoms with van der Waals surface area (Å²) in [6, 6.07) is 9.99. The minimum Gasteiger partial charge on any atom is -0.456 e. The topological polar surface area (TPSA) is 73.6 Å². The molecule has 3 heterocycles. The van der Waals surface area contributed by atoms with E-state index in [-0.39, 0.29) is 17.3 Å². The molecule has 0 unspecified atom stereocenters. The maximum absolute atomic E-state index is 12.5. The van der Waals surface area contributed by atoms with Crippen molar-refractivity contribution in [2.75, 3.05) is 0 Å². The summed E-state index contributed by atoms with van der Waals surface area (Å²) in [6.45, 7) is -0.100. The Hall–Kier alpha value is -2.77. The number of hydrogen-bond acceptors (Lipinski definition) is 6. The summed E-state index contributed by atoms with van der Waals surface area (Å²) in [5.74, 6) is -0.548. The molecule has 124 valence electrons. The Labute approximate surface area is 150 Å². The number of hydrogen-bond donors (Lipinski definition) is 0. The molecule has 8 heteroatoms. The lowest BCUT2D eigenvalue weighted by molar-refractivity contribution is 0.0470. The molecule has 0 aliphatic rings. The molecule has 0 saturated heterocycles. The van der Waals surface area contributed by atoms with Crippen molar-refractivity contribution in [1.29, 1.82) is 0 Å². The Balaban J connectivity index is 1.63. The first-order valence-electron chi connectivity index (χ1n) is 7.30. The number of ether oxygens (including phenoxy) is 1. The molecule has 0 spiro atoms. The van der Waals surface area contributed by atoms with E-state index in [2.05, 4.69) is 9.97 Å². The summed E-state index contributed by atoms with van der Waals surface area (Å²) in [5.41, 5.74) is 1.11. The van der Waals surface area contributed by atoms with Crippen LogP contribution in [0.15, 0.2) is 52.8 Å². The minimum absolute atomic E-state index is 0.100. The summed E-state index contributed by atoms with van der Waals surface area (Å²) in [5, 5.41) is 2.63. The lowest BCUT2D eigenvalue weighted by Gasteiger charge is -2.08. The highest BCUT2D eigenvalue weighted by Gasteiger charge is 2.15. The molecule has 0 fully saturated rings. The number of fused-ring (bicyclic) bond motifs is 2. The molecule has 25 heavy (non-hydrogen) atoms. The Bertz CT molecular complexity index is 1170. The second kappa shape index (κ2) is 6.27. The first-order valence-corrected chi connectivity index (χ1v) is 8.56. The molecule has 0 aliphatic heterocycles. The van der Waals surface area contributed by atoms with Crippen molar-refractivity contribution in [3.63, 3.8) is 0 Å². The van der Waals surface area contributed by atoms with Crippen LogP contribution in [0.5, 0.6) is 0 Å². The number of nitrogens with zero attached hydrogens (tertiary/aromatic N) is 3. The third kappa shape index (κ3) is 2.99. The molecular formula is C17H10ClN3O3S. The summed E-state index contributed by atoms with van der Waals surface area (Å²) in [6.07, 6.45) is 1.65. The second-order valence-electron chi connectivity index (χ2n) is 5.23. The van der Waals surface area contributed by atoms with Crippen molar-refractivity contribution >= 4 is 44.8 Å². The number of para-hydroxylation sites is 1. The molecule has 0 aliphatic carbocycles. The van der Waals surface area contributed by atoms with Gasteiger partial charge in [-0.05, 0) is 12.1 Å². The zero-order valence-corrected chi connectivity index (χ0v) is 14.3. The van der Waals surface area contributed by atoms with Crippen LogP contribution in [0, 0.1) is 0 Å². The number of aromatic nitrogens is 3.